The molecule has 1 amide bonds. The van der Waals surface area contributed by atoms with Gasteiger partial charge in [-0.05, 0) is 48.0 Å². The molecule has 0 unspecified atom stereocenters. The van der Waals surface area contributed by atoms with Crippen molar-refractivity contribution in [2.75, 3.05) is 6.61 Å². The van der Waals surface area contributed by atoms with Gasteiger partial charge in [0.25, 0.3) is 0 Å². The van der Waals surface area contributed by atoms with Crippen molar-refractivity contribution < 1.29 is 14.3 Å². The third-order valence-corrected chi connectivity index (χ3v) is 1.93. The lowest BCUT2D eigenvalue weighted by Gasteiger charge is -2.26. The SMILES string of the molecule is CC[C@@H](COC(C)(C)C)NC(=O)OC(C)(C)C. The van der Waals surface area contributed by atoms with E-state index >= 15 is 0 Å². The minimum Gasteiger partial charge on any atom is -0.444 e. The van der Waals surface area contributed by atoms with E-state index in [1.165, 1.54) is 0 Å². The first-order valence-corrected chi connectivity index (χ1v) is 6.17. The summed E-state index contributed by atoms with van der Waals surface area (Å²) in [6.07, 6.45) is 0.428. The van der Waals surface area contributed by atoms with E-state index in [9.17, 15) is 4.79 Å². The molecule has 0 saturated carbocycles. The molecule has 0 aliphatic heterocycles. The van der Waals surface area contributed by atoms with Gasteiger partial charge >= 0.3 is 6.09 Å². The quantitative estimate of drug-likeness (QED) is 0.828. The van der Waals surface area contributed by atoms with Crippen LogP contribution in [0.4, 0.5) is 4.79 Å². The summed E-state index contributed by atoms with van der Waals surface area (Å²) < 4.78 is 10.8. The van der Waals surface area contributed by atoms with Crippen LogP contribution in [-0.2, 0) is 9.47 Å². The van der Waals surface area contributed by atoms with Crippen LogP contribution in [-0.4, -0.2) is 29.9 Å². The third kappa shape index (κ3) is 10.1. The monoisotopic (exact) mass is 245 g/mol. The van der Waals surface area contributed by atoms with E-state index in [4.69, 9.17) is 9.47 Å². The van der Waals surface area contributed by atoms with E-state index < -0.39 is 5.60 Å². The number of ether oxygens (including phenoxy) is 2. The van der Waals surface area contributed by atoms with Crippen molar-refractivity contribution in [2.24, 2.45) is 0 Å². The molecule has 0 saturated heterocycles. The minimum atomic E-state index is -0.465. The average Bonchev–Trinajstić information content (AvgIpc) is 2.07. The van der Waals surface area contributed by atoms with Gasteiger partial charge in [-0.2, -0.15) is 0 Å². The zero-order valence-corrected chi connectivity index (χ0v) is 12.2. The molecular formula is C13H27NO3. The summed E-state index contributed by atoms with van der Waals surface area (Å²) in [5.41, 5.74) is -0.656. The van der Waals surface area contributed by atoms with Gasteiger partial charge in [0.05, 0.1) is 18.2 Å². The highest BCUT2D eigenvalue weighted by Gasteiger charge is 2.20. The summed E-state index contributed by atoms with van der Waals surface area (Å²) in [6, 6.07) is -0.0101. The van der Waals surface area contributed by atoms with Crippen LogP contribution in [0, 0.1) is 0 Å². The average molecular weight is 245 g/mol. The molecule has 0 aromatic carbocycles. The molecule has 0 spiro atoms. The number of hydrogen-bond donors (Lipinski definition) is 1. The fourth-order valence-corrected chi connectivity index (χ4v) is 1.09. The first-order chi connectivity index (χ1) is 7.53. The molecule has 17 heavy (non-hydrogen) atoms. The summed E-state index contributed by atoms with van der Waals surface area (Å²) >= 11 is 0. The predicted molar refractivity (Wildman–Crippen MR) is 69.2 cm³/mol. The predicted octanol–water partition coefficient (Wildman–Crippen LogP) is 3.10. The molecule has 0 aromatic rings. The highest BCUT2D eigenvalue weighted by atomic mass is 16.6. The molecule has 0 fully saturated rings. The molecule has 102 valence electrons. The number of rotatable bonds is 4. The summed E-state index contributed by atoms with van der Waals surface area (Å²) in [5.74, 6) is 0. The third-order valence-electron chi connectivity index (χ3n) is 1.93. The maximum absolute atomic E-state index is 11.6. The minimum absolute atomic E-state index is 0.0101. The van der Waals surface area contributed by atoms with Crippen molar-refractivity contribution in [1.29, 1.82) is 0 Å². The summed E-state index contributed by atoms with van der Waals surface area (Å²) in [5, 5.41) is 2.81. The van der Waals surface area contributed by atoms with Crippen LogP contribution in [0.2, 0.25) is 0 Å². The summed E-state index contributed by atoms with van der Waals surface area (Å²) in [7, 11) is 0. The zero-order chi connectivity index (χ0) is 13.7. The molecule has 1 N–H and O–H groups in total. The normalized spacial score (nSPS) is 14.3. The molecule has 0 aromatic heterocycles. The van der Waals surface area contributed by atoms with Gasteiger partial charge < -0.3 is 14.8 Å². The Hall–Kier alpha value is -0.770. The second kappa shape index (κ2) is 6.24. The number of carbonyl (C=O) groups excluding carboxylic acids is 1. The highest BCUT2D eigenvalue weighted by Crippen LogP contribution is 2.10. The molecule has 0 aliphatic carbocycles. The molecule has 0 rings (SSSR count). The molecule has 1 atom stereocenters. The number of nitrogens with one attached hydrogen (secondary N) is 1. The van der Waals surface area contributed by atoms with Crippen LogP contribution >= 0.6 is 0 Å². The van der Waals surface area contributed by atoms with Crippen molar-refractivity contribution in [3.63, 3.8) is 0 Å². The summed E-state index contributed by atoms with van der Waals surface area (Å²) in [4.78, 5) is 11.6. The molecule has 0 radical (unpaired) electrons. The number of hydrogen-bond acceptors (Lipinski definition) is 3. The lowest BCUT2D eigenvalue weighted by molar-refractivity contribution is -0.0175. The molecule has 0 aliphatic rings. The Morgan fingerprint density at radius 3 is 2.00 bits per heavy atom. The number of amides is 1. The second-order valence-electron chi connectivity index (χ2n) is 6.17. The highest BCUT2D eigenvalue weighted by molar-refractivity contribution is 5.68. The maximum Gasteiger partial charge on any atom is 0.407 e. The fraction of sp³-hybridized carbons (Fsp3) is 0.923. The van der Waals surface area contributed by atoms with Gasteiger partial charge in [-0.3, -0.25) is 0 Å². The first-order valence-electron chi connectivity index (χ1n) is 6.17. The van der Waals surface area contributed by atoms with Gasteiger partial charge in [-0.25, -0.2) is 4.79 Å². The van der Waals surface area contributed by atoms with E-state index in [0.29, 0.717) is 6.61 Å². The summed E-state index contributed by atoms with van der Waals surface area (Å²) in [6.45, 7) is 14.0. The van der Waals surface area contributed by atoms with E-state index in [-0.39, 0.29) is 17.7 Å². The lowest BCUT2D eigenvalue weighted by Crippen LogP contribution is -2.42. The van der Waals surface area contributed by atoms with Gasteiger partial charge in [0, 0.05) is 0 Å². The van der Waals surface area contributed by atoms with Gasteiger partial charge in [-0.1, -0.05) is 6.92 Å². The van der Waals surface area contributed by atoms with Gasteiger partial charge in [0.1, 0.15) is 5.60 Å². The molecular weight excluding hydrogens is 218 g/mol. The molecule has 0 heterocycles. The maximum atomic E-state index is 11.6. The standard InChI is InChI=1S/C13H27NO3/c1-8-10(9-16-12(2,3)4)14-11(15)17-13(5,6)7/h10H,8-9H2,1-7H3,(H,14,15)/t10-/m0/s1. The van der Waals surface area contributed by atoms with Crippen LogP contribution in [0.5, 0.6) is 0 Å². The van der Waals surface area contributed by atoms with Crippen molar-refractivity contribution >= 4 is 6.09 Å². The Bertz CT molecular complexity index is 238. The Kier molecular flexibility index (Phi) is 5.96. The van der Waals surface area contributed by atoms with Crippen molar-refractivity contribution in [1.82, 2.24) is 5.32 Å². The first kappa shape index (κ1) is 16.2. The van der Waals surface area contributed by atoms with Crippen LogP contribution < -0.4 is 5.32 Å². The smallest absolute Gasteiger partial charge is 0.407 e. The van der Waals surface area contributed by atoms with Crippen LogP contribution in [0.15, 0.2) is 0 Å². The Morgan fingerprint density at radius 2 is 1.65 bits per heavy atom. The van der Waals surface area contributed by atoms with Gasteiger partial charge in [-0.15, -0.1) is 0 Å². The second-order valence-corrected chi connectivity index (χ2v) is 6.17. The van der Waals surface area contributed by atoms with Crippen molar-refractivity contribution in [3.05, 3.63) is 0 Å². The molecule has 0 bridgehead atoms. The van der Waals surface area contributed by atoms with E-state index in [1.807, 2.05) is 48.5 Å². The number of carbonyl (C=O) groups is 1. The number of alkyl carbamates (subject to hydrolysis) is 1. The fourth-order valence-electron chi connectivity index (χ4n) is 1.09. The molecule has 4 nitrogen and oxygen atoms in total. The molecule has 4 heteroatoms. The largest absolute Gasteiger partial charge is 0.444 e. The Morgan fingerprint density at radius 1 is 1.12 bits per heavy atom. The van der Waals surface area contributed by atoms with Crippen LogP contribution in [0.3, 0.4) is 0 Å². The van der Waals surface area contributed by atoms with E-state index in [2.05, 4.69) is 5.32 Å². The topological polar surface area (TPSA) is 47.6 Å². The van der Waals surface area contributed by atoms with E-state index in [1.54, 1.807) is 0 Å². The lowest BCUT2D eigenvalue weighted by atomic mass is 10.2. The van der Waals surface area contributed by atoms with E-state index in [0.717, 1.165) is 6.42 Å². The Balaban J connectivity index is 4.09. The Labute approximate surface area is 105 Å². The van der Waals surface area contributed by atoms with Crippen LogP contribution in [0.1, 0.15) is 54.9 Å². The van der Waals surface area contributed by atoms with Gasteiger partial charge in [0.2, 0.25) is 0 Å². The van der Waals surface area contributed by atoms with Crippen molar-refractivity contribution in [3.8, 4) is 0 Å². The van der Waals surface area contributed by atoms with Crippen LogP contribution in [0.25, 0.3) is 0 Å². The van der Waals surface area contributed by atoms with Crippen molar-refractivity contribution in [2.45, 2.75) is 72.1 Å². The van der Waals surface area contributed by atoms with Gasteiger partial charge in [0.15, 0.2) is 0 Å². The zero-order valence-electron chi connectivity index (χ0n) is 12.2.